The highest BCUT2D eigenvalue weighted by atomic mass is 32.2. The molecule has 3 N–H and O–H groups in total. The zero-order valence-electron chi connectivity index (χ0n) is 13.1. The summed E-state index contributed by atoms with van der Waals surface area (Å²) < 4.78 is 27.8. The van der Waals surface area contributed by atoms with Gasteiger partial charge in [0.2, 0.25) is 0 Å². The lowest BCUT2D eigenvalue weighted by Crippen LogP contribution is -2.29. The predicted molar refractivity (Wildman–Crippen MR) is 95.0 cm³/mol. The van der Waals surface area contributed by atoms with Crippen LogP contribution in [-0.2, 0) is 10.2 Å². The molecule has 2 aromatic rings. The standard InChI is InChI=1S/C14H17N5O3S2/c1-5-9-10(6-2)13(20)12(23-14-15-8-16-17-14)7-11(9)18-24(21,22)19(3)4/h5-8,18,20H,1-2H2,3-4H3,(H,15,16,17). The molecule has 0 radical (unpaired) electrons. The number of nitrogens with one attached hydrogen (secondary N) is 2. The maximum absolute atomic E-state index is 12.1. The molecule has 0 aliphatic rings. The number of hydrogen-bond acceptors (Lipinski definition) is 6. The lowest BCUT2D eigenvalue weighted by atomic mass is 10.0. The second kappa shape index (κ2) is 7.07. The lowest BCUT2D eigenvalue weighted by molar-refractivity contribution is 0.461. The number of benzene rings is 1. The molecule has 0 saturated heterocycles. The highest BCUT2D eigenvalue weighted by molar-refractivity contribution is 7.99. The molecule has 0 saturated carbocycles. The minimum Gasteiger partial charge on any atom is -0.506 e. The third-order valence-corrected chi connectivity index (χ3v) is 5.43. The van der Waals surface area contributed by atoms with Crippen molar-refractivity contribution in [1.29, 1.82) is 0 Å². The smallest absolute Gasteiger partial charge is 0.301 e. The zero-order chi connectivity index (χ0) is 17.9. The van der Waals surface area contributed by atoms with Crippen LogP contribution in [-0.4, -0.2) is 47.1 Å². The van der Waals surface area contributed by atoms with Crippen LogP contribution in [0, 0.1) is 0 Å². The Labute approximate surface area is 144 Å². The fourth-order valence-corrected chi connectivity index (χ4v) is 3.27. The van der Waals surface area contributed by atoms with Gasteiger partial charge in [0.15, 0.2) is 5.16 Å². The van der Waals surface area contributed by atoms with Gasteiger partial charge in [0.05, 0.1) is 10.6 Å². The quantitative estimate of drug-likeness (QED) is 0.647. The summed E-state index contributed by atoms with van der Waals surface area (Å²) in [6.07, 6.45) is 4.22. The van der Waals surface area contributed by atoms with E-state index in [1.807, 2.05) is 0 Å². The summed E-state index contributed by atoms with van der Waals surface area (Å²) in [6, 6.07) is 1.51. The summed E-state index contributed by atoms with van der Waals surface area (Å²) in [4.78, 5) is 4.37. The van der Waals surface area contributed by atoms with Gasteiger partial charge in [-0.1, -0.05) is 25.3 Å². The van der Waals surface area contributed by atoms with Crippen molar-refractivity contribution in [3.05, 3.63) is 36.7 Å². The number of aromatic amines is 1. The van der Waals surface area contributed by atoms with Gasteiger partial charge in [-0.05, 0) is 17.8 Å². The van der Waals surface area contributed by atoms with E-state index in [1.54, 1.807) is 0 Å². The number of aromatic hydroxyl groups is 1. The molecule has 1 heterocycles. The topological polar surface area (TPSA) is 111 Å². The number of phenolic OH excluding ortho intramolecular Hbond substituents is 1. The number of phenols is 1. The normalized spacial score (nSPS) is 11.5. The predicted octanol–water partition coefficient (Wildman–Crippen LogP) is 2.17. The highest BCUT2D eigenvalue weighted by Gasteiger charge is 2.20. The van der Waals surface area contributed by atoms with Crippen LogP contribution in [0.3, 0.4) is 0 Å². The molecule has 0 atom stereocenters. The molecule has 0 amide bonds. The maximum atomic E-state index is 12.1. The van der Waals surface area contributed by atoms with E-state index < -0.39 is 10.2 Å². The number of H-pyrrole nitrogens is 1. The maximum Gasteiger partial charge on any atom is 0.301 e. The Morgan fingerprint density at radius 1 is 1.33 bits per heavy atom. The van der Waals surface area contributed by atoms with E-state index >= 15 is 0 Å². The summed E-state index contributed by atoms with van der Waals surface area (Å²) in [5.41, 5.74) is 1.06. The first-order valence-electron chi connectivity index (χ1n) is 6.68. The van der Waals surface area contributed by atoms with Gasteiger partial charge >= 0.3 is 10.2 Å². The number of anilines is 1. The lowest BCUT2D eigenvalue weighted by Gasteiger charge is -2.18. The molecule has 0 unspecified atom stereocenters. The summed E-state index contributed by atoms with van der Waals surface area (Å²) >= 11 is 1.11. The summed E-state index contributed by atoms with van der Waals surface area (Å²) in [5.74, 6) is -0.0471. The van der Waals surface area contributed by atoms with E-state index in [4.69, 9.17) is 0 Å². The van der Waals surface area contributed by atoms with Crippen LogP contribution in [0.5, 0.6) is 5.75 Å². The van der Waals surface area contributed by atoms with E-state index in [0.717, 1.165) is 16.1 Å². The van der Waals surface area contributed by atoms with Crippen LogP contribution < -0.4 is 4.72 Å². The monoisotopic (exact) mass is 367 g/mol. The van der Waals surface area contributed by atoms with E-state index in [-0.39, 0.29) is 11.4 Å². The Kier molecular flexibility index (Phi) is 5.32. The Bertz CT molecular complexity index is 861. The largest absolute Gasteiger partial charge is 0.506 e. The summed E-state index contributed by atoms with van der Waals surface area (Å²) in [5, 5.41) is 17.3. The van der Waals surface area contributed by atoms with Crippen molar-refractivity contribution < 1.29 is 13.5 Å². The van der Waals surface area contributed by atoms with Crippen molar-refractivity contribution >= 4 is 39.8 Å². The zero-order valence-corrected chi connectivity index (χ0v) is 14.8. The van der Waals surface area contributed by atoms with Crippen LogP contribution in [0.1, 0.15) is 11.1 Å². The van der Waals surface area contributed by atoms with Crippen molar-refractivity contribution in [2.24, 2.45) is 0 Å². The van der Waals surface area contributed by atoms with Gasteiger partial charge in [-0.3, -0.25) is 9.82 Å². The Balaban J connectivity index is 2.60. The van der Waals surface area contributed by atoms with E-state index in [0.29, 0.717) is 21.2 Å². The molecule has 1 aromatic heterocycles. The van der Waals surface area contributed by atoms with Gasteiger partial charge in [0.25, 0.3) is 0 Å². The van der Waals surface area contributed by atoms with Crippen LogP contribution in [0.25, 0.3) is 12.2 Å². The van der Waals surface area contributed by atoms with Crippen molar-refractivity contribution in [2.45, 2.75) is 10.1 Å². The molecule has 0 spiro atoms. The van der Waals surface area contributed by atoms with Crippen molar-refractivity contribution in [3.63, 3.8) is 0 Å². The molecular weight excluding hydrogens is 350 g/mol. The van der Waals surface area contributed by atoms with E-state index in [9.17, 15) is 13.5 Å². The number of nitrogens with zero attached hydrogens (tertiary/aromatic N) is 3. The van der Waals surface area contributed by atoms with E-state index in [2.05, 4.69) is 33.1 Å². The summed E-state index contributed by atoms with van der Waals surface area (Å²) in [7, 11) is -0.903. The fourth-order valence-electron chi connectivity index (χ4n) is 1.85. The average Bonchev–Trinajstić information content (AvgIpc) is 3.02. The molecule has 0 fully saturated rings. The average molecular weight is 367 g/mol. The van der Waals surface area contributed by atoms with Gasteiger partial charge in [-0.15, -0.1) is 0 Å². The molecule has 24 heavy (non-hydrogen) atoms. The van der Waals surface area contributed by atoms with Gasteiger partial charge in [-0.25, -0.2) is 4.98 Å². The number of rotatable bonds is 7. The second-order valence-electron chi connectivity index (χ2n) is 4.79. The number of hydrogen-bond donors (Lipinski definition) is 3. The van der Waals surface area contributed by atoms with Crippen LogP contribution in [0.4, 0.5) is 5.69 Å². The molecular formula is C14H17N5O3S2. The first-order valence-corrected chi connectivity index (χ1v) is 8.94. The van der Waals surface area contributed by atoms with Crippen LogP contribution in [0.15, 0.2) is 35.6 Å². The van der Waals surface area contributed by atoms with Gasteiger partial charge in [0, 0.05) is 25.2 Å². The first-order chi connectivity index (χ1) is 11.3. The molecule has 0 aliphatic carbocycles. The third-order valence-electron chi connectivity index (χ3n) is 3.07. The van der Waals surface area contributed by atoms with Crippen molar-refractivity contribution in [3.8, 4) is 5.75 Å². The molecule has 10 heteroatoms. The van der Waals surface area contributed by atoms with Crippen LogP contribution in [0.2, 0.25) is 0 Å². The third kappa shape index (κ3) is 3.61. The molecule has 8 nitrogen and oxygen atoms in total. The Morgan fingerprint density at radius 3 is 2.50 bits per heavy atom. The Morgan fingerprint density at radius 2 is 2.00 bits per heavy atom. The minimum atomic E-state index is -3.73. The molecule has 1 aromatic carbocycles. The SMILES string of the molecule is C=Cc1c(NS(=O)(=O)N(C)C)cc(Sc2ncn[nH]2)c(O)c1C=C. The van der Waals surface area contributed by atoms with Gasteiger partial charge in [0.1, 0.15) is 12.1 Å². The molecule has 2 rings (SSSR count). The fraction of sp³-hybridized carbons (Fsp3) is 0.143. The molecule has 0 aliphatic heterocycles. The van der Waals surface area contributed by atoms with Crippen molar-refractivity contribution in [2.75, 3.05) is 18.8 Å². The molecule has 0 bridgehead atoms. The van der Waals surface area contributed by atoms with Gasteiger partial charge < -0.3 is 5.11 Å². The van der Waals surface area contributed by atoms with Crippen LogP contribution >= 0.6 is 11.8 Å². The van der Waals surface area contributed by atoms with E-state index in [1.165, 1.54) is 38.6 Å². The second-order valence-corrected chi connectivity index (χ2v) is 7.70. The molecule has 128 valence electrons. The van der Waals surface area contributed by atoms with Crippen molar-refractivity contribution in [1.82, 2.24) is 19.5 Å². The first kappa shape index (κ1) is 18.0. The highest BCUT2D eigenvalue weighted by Crippen LogP contribution is 2.41. The Hall–Kier alpha value is -2.30. The summed E-state index contributed by atoms with van der Waals surface area (Å²) in [6.45, 7) is 7.35. The number of aromatic nitrogens is 3. The minimum absolute atomic E-state index is 0.0471. The van der Waals surface area contributed by atoms with Gasteiger partial charge in [-0.2, -0.15) is 17.8 Å².